The van der Waals surface area contributed by atoms with Gasteiger partial charge in [-0.3, -0.25) is 0 Å². The van der Waals surface area contributed by atoms with Crippen LogP contribution in [0.4, 0.5) is 5.69 Å². The van der Waals surface area contributed by atoms with Gasteiger partial charge < -0.3 is 30.6 Å². The molecule has 8 heteroatoms. The summed E-state index contributed by atoms with van der Waals surface area (Å²) in [6.45, 7) is 0. The van der Waals surface area contributed by atoms with Crippen LogP contribution in [0.25, 0.3) is 0 Å². The van der Waals surface area contributed by atoms with Crippen LogP contribution in [-0.4, -0.2) is 24.9 Å². The van der Waals surface area contributed by atoms with Gasteiger partial charge in [0, 0.05) is 0 Å². The topological polar surface area (TPSA) is 144 Å². The van der Waals surface area contributed by atoms with E-state index in [0.29, 0.717) is 0 Å². The van der Waals surface area contributed by atoms with Crippen molar-refractivity contribution in [1.82, 2.24) is 0 Å². The quantitative estimate of drug-likeness (QED) is 0.202. The molecule has 0 atom stereocenters. The summed E-state index contributed by atoms with van der Waals surface area (Å²) in [7, 11) is -4.64. The van der Waals surface area contributed by atoms with E-state index in [9.17, 15) is 0 Å². The molecule has 0 saturated heterocycles. The zero-order valence-corrected chi connectivity index (χ0v) is 7.80. The Labute approximate surface area is 79.3 Å². The number of phosphoric acid groups is 1. The summed E-state index contributed by atoms with van der Waals surface area (Å²) in [4.78, 5) is 21.6. The lowest BCUT2D eigenvalue weighted by atomic mass is 10.3. The van der Waals surface area contributed by atoms with Crippen molar-refractivity contribution in [2.75, 3.05) is 5.73 Å². The number of rotatable bonds is 0. The molecule has 0 aliphatic heterocycles. The molecule has 0 aromatic heterocycles. The highest BCUT2D eigenvalue weighted by molar-refractivity contribution is 7.45. The normalized spacial score (nSPS) is 10.2. The Morgan fingerprint density at radius 3 is 1.86 bits per heavy atom. The maximum Gasteiger partial charge on any atom is 0.466 e. The van der Waals surface area contributed by atoms with Crippen LogP contribution < -0.4 is 5.73 Å². The van der Waals surface area contributed by atoms with Gasteiger partial charge in [-0.15, -0.1) is 0 Å². The molecular weight excluding hydrogens is 213 g/mol. The number of phenols is 2. The summed E-state index contributed by atoms with van der Waals surface area (Å²) in [5.74, 6) is -0.437. The fourth-order valence-electron chi connectivity index (χ4n) is 0.549. The Morgan fingerprint density at radius 1 is 1.14 bits per heavy atom. The van der Waals surface area contributed by atoms with Gasteiger partial charge in [0.1, 0.15) is 0 Å². The van der Waals surface area contributed by atoms with Crippen molar-refractivity contribution >= 4 is 13.5 Å². The van der Waals surface area contributed by atoms with E-state index in [1.807, 2.05) is 0 Å². The van der Waals surface area contributed by atoms with E-state index in [-0.39, 0.29) is 17.2 Å². The predicted molar refractivity (Wildman–Crippen MR) is 48.4 cm³/mol. The average molecular weight is 223 g/mol. The monoisotopic (exact) mass is 223 g/mol. The fourth-order valence-corrected chi connectivity index (χ4v) is 0.549. The molecule has 0 spiro atoms. The maximum atomic E-state index is 8.88. The lowest BCUT2D eigenvalue weighted by Crippen LogP contribution is -1.83. The van der Waals surface area contributed by atoms with Gasteiger partial charge in [-0.1, -0.05) is 6.07 Å². The van der Waals surface area contributed by atoms with E-state index in [1.54, 1.807) is 6.07 Å². The molecule has 0 bridgehead atoms. The number of anilines is 1. The van der Waals surface area contributed by atoms with Gasteiger partial charge in [-0.05, 0) is 12.1 Å². The first-order valence-corrected chi connectivity index (χ1v) is 4.83. The third-order valence-corrected chi connectivity index (χ3v) is 1.05. The SMILES string of the molecule is Nc1cccc(O)c1O.O=P(O)(O)O. The molecule has 14 heavy (non-hydrogen) atoms. The molecule has 80 valence electrons. The number of nitrogen functional groups attached to an aromatic ring is 1. The van der Waals surface area contributed by atoms with Crippen LogP contribution in [0.3, 0.4) is 0 Å². The van der Waals surface area contributed by atoms with Gasteiger partial charge >= 0.3 is 7.82 Å². The number of aromatic hydroxyl groups is 2. The molecule has 0 saturated carbocycles. The summed E-state index contributed by atoms with van der Waals surface area (Å²) >= 11 is 0. The molecule has 0 amide bonds. The smallest absolute Gasteiger partial charge is 0.466 e. The molecule has 0 aliphatic rings. The number of nitrogens with two attached hydrogens (primary N) is 1. The maximum absolute atomic E-state index is 8.88. The Balaban J connectivity index is 0.000000292. The molecule has 0 unspecified atom stereocenters. The minimum absolute atomic E-state index is 0.185. The Morgan fingerprint density at radius 2 is 1.57 bits per heavy atom. The van der Waals surface area contributed by atoms with Crippen molar-refractivity contribution in [2.45, 2.75) is 0 Å². The molecule has 7 nitrogen and oxygen atoms in total. The second kappa shape index (κ2) is 4.83. The first-order valence-electron chi connectivity index (χ1n) is 3.26. The lowest BCUT2D eigenvalue weighted by molar-refractivity contribution is 0.275. The number of phenolic OH excluding ortho intramolecular Hbond substituents is 2. The minimum atomic E-state index is -4.64. The Kier molecular flexibility index (Phi) is 4.39. The van der Waals surface area contributed by atoms with E-state index in [4.69, 9.17) is 35.2 Å². The molecule has 0 fully saturated rings. The Hall–Kier alpha value is -1.27. The van der Waals surface area contributed by atoms with Gasteiger partial charge in [0.25, 0.3) is 0 Å². The summed E-state index contributed by atoms with van der Waals surface area (Å²) < 4.78 is 8.88. The van der Waals surface area contributed by atoms with E-state index in [2.05, 4.69) is 0 Å². The highest BCUT2D eigenvalue weighted by Crippen LogP contribution is 2.29. The first kappa shape index (κ1) is 12.7. The number of hydrogen-bond donors (Lipinski definition) is 6. The van der Waals surface area contributed by atoms with Crippen LogP contribution in [0.15, 0.2) is 18.2 Å². The lowest BCUT2D eigenvalue weighted by Gasteiger charge is -1.97. The standard InChI is InChI=1S/C6H7NO2.H3O4P/c7-4-2-1-3-5(8)6(4)9;1-5(2,3)4/h1-3,8-9H,7H2;(H3,1,2,3,4). The largest absolute Gasteiger partial charge is 0.504 e. The predicted octanol–water partition coefficient (Wildman–Crippen LogP) is -0.249. The minimum Gasteiger partial charge on any atom is -0.504 e. The van der Waals surface area contributed by atoms with Crippen molar-refractivity contribution < 1.29 is 29.5 Å². The summed E-state index contributed by atoms with van der Waals surface area (Å²) in [6.07, 6.45) is 0. The summed E-state index contributed by atoms with van der Waals surface area (Å²) in [5.41, 5.74) is 5.40. The first-order chi connectivity index (χ1) is 6.22. The summed E-state index contributed by atoms with van der Waals surface area (Å²) in [5, 5.41) is 17.6. The van der Waals surface area contributed by atoms with Gasteiger partial charge in [-0.25, -0.2) is 4.57 Å². The van der Waals surface area contributed by atoms with Crippen LogP contribution in [0.5, 0.6) is 11.5 Å². The molecule has 1 aromatic carbocycles. The van der Waals surface area contributed by atoms with Crippen LogP contribution in [0, 0.1) is 0 Å². The van der Waals surface area contributed by atoms with Crippen LogP contribution in [0.2, 0.25) is 0 Å². The number of benzene rings is 1. The average Bonchev–Trinajstić information content (AvgIpc) is 1.97. The van der Waals surface area contributed by atoms with Gasteiger partial charge in [-0.2, -0.15) is 0 Å². The van der Waals surface area contributed by atoms with Gasteiger partial charge in [0.2, 0.25) is 0 Å². The number of para-hydroxylation sites is 1. The third kappa shape index (κ3) is 6.27. The van der Waals surface area contributed by atoms with E-state index in [0.717, 1.165) is 0 Å². The van der Waals surface area contributed by atoms with Crippen LogP contribution in [0.1, 0.15) is 0 Å². The van der Waals surface area contributed by atoms with Crippen molar-refractivity contribution in [3.05, 3.63) is 18.2 Å². The zero-order valence-electron chi connectivity index (χ0n) is 6.90. The molecule has 0 radical (unpaired) electrons. The highest BCUT2D eigenvalue weighted by Gasteiger charge is 2.00. The molecule has 1 rings (SSSR count). The molecule has 0 heterocycles. The molecule has 0 aliphatic carbocycles. The van der Waals surface area contributed by atoms with E-state index >= 15 is 0 Å². The van der Waals surface area contributed by atoms with E-state index in [1.165, 1.54) is 12.1 Å². The fraction of sp³-hybridized carbons (Fsp3) is 0. The van der Waals surface area contributed by atoms with Crippen molar-refractivity contribution in [3.8, 4) is 11.5 Å². The third-order valence-electron chi connectivity index (χ3n) is 1.05. The van der Waals surface area contributed by atoms with Gasteiger partial charge in [0.15, 0.2) is 11.5 Å². The molecule has 1 aromatic rings. The summed E-state index contributed by atoms with van der Waals surface area (Å²) in [6, 6.07) is 4.44. The Bertz CT molecular complexity index is 320. The van der Waals surface area contributed by atoms with Crippen molar-refractivity contribution in [3.63, 3.8) is 0 Å². The zero-order chi connectivity index (χ0) is 11.4. The van der Waals surface area contributed by atoms with Gasteiger partial charge in [0.05, 0.1) is 5.69 Å². The number of hydrogen-bond acceptors (Lipinski definition) is 4. The highest BCUT2D eigenvalue weighted by atomic mass is 31.2. The second-order valence-electron chi connectivity index (χ2n) is 2.23. The molecule has 7 N–H and O–H groups in total. The second-order valence-corrected chi connectivity index (χ2v) is 3.25. The van der Waals surface area contributed by atoms with Crippen molar-refractivity contribution in [2.24, 2.45) is 0 Å². The molecular formula is C6H10NO6P. The van der Waals surface area contributed by atoms with Crippen LogP contribution in [-0.2, 0) is 4.57 Å². The van der Waals surface area contributed by atoms with E-state index < -0.39 is 7.82 Å². The van der Waals surface area contributed by atoms with Crippen LogP contribution >= 0.6 is 7.82 Å². The van der Waals surface area contributed by atoms with Crippen molar-refractivity contribution in [1.29, 1.82) is 0 Å².